The second kappa shape index (κ2) is 6.98. The zero-order valence-corrected chi connectivity index (χ0v) is 14.4. The molecular formula is C16H25N3O3S. The molecule has 23 heavy (non-hydrogen) atoms. The van der Waals surface area contributed by atoms with Gasteiger partial charge in [0.15, 0.2) is 0 Å². The molecule has 7 heteroatoms. The molecule has 1 saturated carbocycles. The molecule has 3 atom stereocenters. The summed E-state index contributed by atoms with van der Waals surface area (Å²) in [7, 11) is -1.93. The fourth-order valence-electron chi connectivity index (χ4n) is 3.06. The van der Waals surface area contributed by atoms with Gasteiger partial charge < -0.3 is 10.6 Å². The van der Waals surface area contributed by atoms with Gasteiger partial charge in [-0.3, -0.25) is 4.79 Å². The van der Waals surface area contributed by atoms with Gasteiger partial charge in [-0.1, -0.05) is 18.6 Å². The molecule has 0 heterocycles. The van der Waals surface area contributed by atoms with Gasteiger partial charge in [0.2, 0.25) is 15.9 Å². The number of amides is 1. The lowest BCUT2D eigenvalue weighted by atomic mass is 9.98. The van der Waals surface area contributed by atoms with E-state index in [1.165, 1.54) is 12.1 Å². The summed E-state index contributed by atoms with van der Waals surface area (Å²) in [6.45, 7) is 1.92. The number of hydrogen-bond acceptors (Lipinski definition) is 4. The maximum Gasteiger partial charge on any atom is 0.238 e. The molecule has 0 aromatic heterocycles. The van der Waals surface area contributed by atoms with Gasteiger partial charge in [0.25, 0.3) is 0 Å². The molecule has 2 rings (SSSR count). The summed E-state index contributed by atoms with van der Waals surface area (Å²) >= 11 is 0. The van der Waals surface area contributed by atoms with Gasteiger partial charge in [-0.2, -0.15) is 0 Å². The standard InChI is InChI=1S/C16H25N3O3S/c1-11(12-6-8-14(9-7-12)23(18,21)22)19(2)16(20)10-13-4-3-5-15(13)17/h6-9,11,13,15H,3-5,10,17H2,1-2H3,(H2,18,21,22)/t11?,13-,15+/m0/s1. The first-order valence-corrected chi connectivity index (χ1v) is 9.38. The van der Waals surface area contributed by atoms with Crippen LogP contribution in [0.2, 0.25) is 0 Å². The fraction of sp³-hybridized carbons (Fsp3) is 0.562. The Kier molecular flexibility index (Phi) is 5.44. The highest BCUT2D eigenvalue weighted by atomic mass is 32.2. The van der Waals surface area contributed by atoms with Crippen molar-refractivity contribution in [1.82, 2.24) is 4.90 Å². The maximum atomic E-state index is 12.4. The Hall–Kier alpha value is -1.44. The zero-order chi connectivity index (χ0) is 17.2. The summed E-state index contributed by atoms with van der Waals surface area (Å²) in [5, 5.41) is 5.09. The van der Waals surface area contributed by atoms with Crippen LogP contribution in [-0.2, 0) is 14.8 Å². The number of nitrogens with two attached hydrogens (primary N) is 2. The first-order valence-electron chi connectivity index (χ1n) is 7.84. The number of carbonyl (C=O) groups is 1. The molecule has 1 aliphatic carbocycles. The Labute approximate surface area is 137 Å². The highest BCUT2D eigenvalue weighted by molar-refractivity contribution is 7.89. The molecule has 0 aliphatic heterocycles. The Balaban J connectivity index is 2.03. The van der Waals surface area contributed by atoms with Crippen LogP contribution in [0.5, 0.6) is 0 Å². The van der Waals surface area contributed by atoms with E-state index in [2.05, 4.69) is 0 Å². The SMILES string of the molecule is CC(c1ccc(S(N)(=O)=O)cc1)N(C)C(=O)C[C@@H]1CCC[C@H]1N. The van der Waals surface area contributed by atoms with E-state index in [1.807, 2.05) is 6.92 Å². The van der Waals surface area contributed by atoms with E-state index in [4.69, 9.17) is 10.9 Å². The fourth-order valence-corrected chi connectivity index (χ4v) is 3.58. The van der Waals surface area contributed by atoms with Crippen molar-refractivity contribution in [2.75, 3.05) is 7.05 Å². The molecular weight excluding hydrogens is 314 g/mol. The number of benzene rings is 1. The average molecular weight is 339 g/mol. The first kappa shape index (κ1) is 17.9. The summed E-state index contributed by atoms with van der Waals surface area (Å²) in [6.07, 6.45) is 3.56. The normalized spacial score (nSPS) is 22.8. The van der Waals surface area contributed by atoms with Gasteiger partial charge in [0.05, 0.1) is 10.9 Å². The Morgan fingerprint density at radius 1 is 1.30 bits per heavy atom. The van der Waals surface area contributed by atoms with Gasteiger partial charge in [0, 0.05) is 19.5 Å². The van der Waals surface area contributed by atoms with Crippen LogP contribution in [0.15, 0.2) is 29.2 Å². The molecule has 0 bridgehead atoms. The van der Waals surface area contributed by atoms with Crippen LogP contribution in [0.4, 0.5) is 0 Å². The van der Waals surface area contributed by atoms with E-state index in [0.717, 1.165) is 24.8 Å². The Bertz CT molecular complexity index is 658. The van der Waals surface area contributed by atoms with Crippen LogP contribution in [0.3, 0.4) is 0 Å². The number of carbonyl (C=O) groups excluding carboxylic acids is 1. The summed E-state index contributed by atoms with van der Waals surface area (Å²) in [5.74, 6) is 0.331. The maximum absolute atomic E-state index is 12.4. The lowest BCUT2D eigenvalue weighted by molar-refractivity contribution is -0.132. The smallest absolute Gasteiger partial charge is 0.238 e. The van der Waals surface area contributed by atoms with E-state index >= 15 is 0 Å². The van der Waals surface area contributed by atoms with Crippen molar-refractivity contribution in [1.29, 1.82) is 0 Å². The third-order valence-corrected chi connectivity index (χ3v) is 5.75. The molecule has 128 valence electrons. The van der Waals surface area contributed by atoms with Crippen molar-refractivity contribution in [3.63, 3.8) is 0 Å². The number of primary sulfonamides is 1. The van der Waals surface area contributed by atoms with E-state index in [-0.39, 0.29) is 28.8 Å². The minimum Gasteiger partial charge on any atom is -0.339 e. The molecule has 1 aliphatic rings. The first-order chi connectivity index (χ1) is 10.7. The number of rotatable bonds is 5. The molecule has 1 aromatic rings. The van der Waals surface area contributed by atoms with E-state index in [1.54, 1.807) is 24.1 Å². The number of nitrogens with zero attached hydrogens (tertiary/aromatic N) is 1. The minimum absolute atomic E-state index is 0.0652. The van der Waals surface area contributed by atoms with Crippen LogP contribution >= 0.6 is 0 Å². The Morgan fingerprint density at radius 2 is 1.91 bits per heavy atom. The topological polar surface area (TPSA) is 106 Å². The summed E-state index contributed by atoms with van der Waals surface area (Å²) < 4.78 is 22.6. The predicted molar refractivity (Wildman–Crippen MR) is 88.9 cm³/mol. The molecule has 1 aromatic carbocycles. The molecule has 6 nitrogen and oxygen atoms in total. The summed E-state index contributed by atoms with van der Waals surface area (Å²) in [6, 6.07) is 6.29. The number of sulfonamides is 1. The number of hydrogen-bond donors (Lipinski definition) is 2. The summed E-state index contributed by atoms with van der Waals surface area (Å²) in [4.78, 5) is 14.2. The van der Waals surface area contributed by atoms with Crippen molar-refractivity contribution in [3.8, 4) is 0 Å². The van der Waals surface area contributed by atoms with Crippen LogP contribution < -0.4 is 10.9 Å². The predicted octanol–water partition coefficient (Wildman–Crippen LogP) is 1.37. The minimum atomic E-state index is -3.70. The van der Waals surface area contributed by atoms with Crippen molar-refractivity contribution in [2.45, 2.75) is 49.6 Å². The van der Waals surface area contributed by atoms with Crippen molar-refractivity contribution < 1.29 is 13.2 Å². The Morgan fingerprint density at radius 3 is 2.39 bits per heavy atom. The van der Waals surface area contributed by atoms with Crippen LogP contribution in [-0.4, -0.2) is 32.3 Å². The van der Waals surface area contributed by atoms with Gasteiger partial charge in [-0.05, 0) is 43.4 Å². The third kappa shape index (κ3) is 4.31. The van der Waals surface area contributed by atoms with E-state index in [0.29, 0.717) is 6.42 Å². The van der Waals surface area contributed by atoms with Gasteiger partial charge in [-0.15, -0.1) is 0 Å². The van der Waals surface area contributed by atoms with Crippen LogP contribution in [0.1, 0.15) is 44.2 Å². The molecule has 0 saturated heterocycles. The monoisotopic (exact) mass is 339 g/mol. The van der Waals surface area contributed by atoms with Gasteiger partial charge in [0.1, 0.15) is 0 Å². The van der Waals surface area contributed by atoms with Crippen molar-refractivity contribution >= 4 is 15.9 Å². The average Bonchev–Trinajstić information content (AvgIpc) is 2.90. The van der Waals surface area contributed by atoms with Crippen molar-refractivity contribution in [3.05, 3.63) is 29.8 Å². The molecule has 1 amide bonds. The van der Waals surface area contributed by atoms with Crippen molar-refractivity contribution in [2.24, 2.45) is 16.8 Å². The van der Waals surface area contributed by atoms with E-state index in [9.17, 15) is 13.2 Å². The highest BCUT2D eigenvalue weighted by Gasteiger charge is 2.28. The quantitative estimate of drug-likeness (QED) is 0.845. The van der Waals surface area contributed by atoms with Crippen LogP contribution in [0.25, 0.3) is 0 Å². The molecule has 1 unspecified atom stereocenters. The van der Waals surface area contributed by atoms with Crippen LogP contribution in [0, 0.1) is 5.92 Å². The lowest BCUT2D eigenvalue weighted by Crippen LogP contribution is -2.34. The third-order valence-electron chi connectivity index (χ3n) is 4.82. The lowest BCUT2D eigenvalue weighted by Gasteiger charge is -2.27. The van der Waals surface area contributed by atoms with E-state index < -0.39 is 10.0 Å². The second-order valence-corrected chi connectivity index (χ2v) is 7.92. The molecule has 1 fully saturated rings. The van der Waals surface area contributed by atoms with Gasteiger partial charge in [-0.25, -0.2) is 13.6 Å². The second-order valence-electron chi connectivity index (χ2n) is 6.35. The highest BCUT2D eigenvalue weighted by Crippen LogP contribution is 2.29. The molecule has 0 spiro atoms. The molecule has 4 N–H and O–H groups in total. The molecule has 0 radical (unpaired) electrons. The largest absolute Gasteiger partial charge is 0.339 e. The summed E-state index contributed by atoms with van der Waals surface area (Å²) in [5.41, 5.74) is 6.90. The zero-order valence-electron chi connectivity index (χ0n) is 13.6. The van der Waals surface area contributed by atoms with Gasteiger partial charge >= 0.3 is 0 Å².